The zero-order valence-electron chi connectivity index (χ0n) is 9.69. The molecule has 0 bridgehead atoms. The molecule has 0 saturated heterocycles. The topological polar surface area (TPSA) is 23.5 Å². The number of benzene rings is 1. The van der Waals surface area contributed by atoms with Crippen LogP contribution in [0.5, 0.6) is 0 Å². The maximum atomic E-state index is 9.19. The molecule has 0 heterocycles. The third-order valence-electron chi connectivity index (χ3n) is 2.55. The maximum Gasteiger partial charge on any atom is 0.0512 e. The molecular formula is C13H21NO. The van der Waals surface area contributed by atoms with Crippen LogP contribution in [-0.4, -0.2) is 24.3 Å². The lowest BCUT2D eigenvalue weighted by Crippen LogP contribution is -2.24. The summed E-state index contributed by atoms with van der Waals surface area (Å²) in [6.45, 7) is 6.05. The molecule has 1 atom stereocenters. The van der Waals surface area contributed by atoms with E-state index in [4.69, 9.17) is 0 Å². The Morgan fingerprint density at radius 3 is 2.47 bits per heavy atom. The zero-order chi connectivity index (χ0) is 11.1. The van der Waals surface area contributed by atoms with Gasteiger partial charge in [-0.25, -0.2) is 0 Å². The minimum atomic E-state index is -0.181. The fourth-order valence-electron chi connectivity index (χ4n) is 1.69. The van der Waals surface area contributed by atoms with Gasteiger partial charge in [-0.3, -0.25) is 0 Å². The summed E-state index contributed by atoms with van der Waals surface area (Å²) in [7, 11) is 0. The second kappa shape index (κ2) is 6.46. The molecule has 1 unspecified atom stereocenters. The average Bonchev–Trinajstić information content (AvgIpc) is 2.25. The van der Waals surface area contributed by atoms with Crippen LogP contribution < -0.4 is 4.90 Å². The van der Waals surface area contributed by atoms with Gasteiger partial charge in [0, 0.05) is 18.8 Å². The Hall–Kier alpha value is -1.02. The lowest BCUT2D eigenvalue weighted by Gasteiger charge is -2.23. The Labute approximate surface area is 92.5 Å². The van der Waals surface area contributed by atoms with Gasteiger partial charge in [-0.1, -0.05) is 18.2 Å². The molecule has 0 saturated carbocycles. The summed E-state index contributed by atoms with van der Waals surface area (Å²) in [5, 5.41) is 9.19. The highest BCUT2D eigenvalue weighted by Gasteiger charge is 2.03. The van der Waals surface area contributed by atoms with E-state index in [0.29, 0.717) is 0 Å². The summed E-state index contributed by atoms with van der Waals surface area (Å²) in [4.78, 5) is 2.34. The number of aliphatic hydroxyl groups is 1. The van der Waals surface area contributed by atoms with Crippen LogP contribution >= 0.6 is 0 Å². The Morgan fingerprint density at radius 2 is 1.93 bits per heavy atom. The number of anilines is 1. The van der Waals surface area contributed by atoms with Crippen molar-refractivity contribution < 1.29 is 5.11 Å². The highest BCUT2D eigenvalue weighted by Crippen LogP contribution is 2.13. The molecule has 0 radical (unpaired) electrons. The van der Waals surface area contributed by atoms with Crippen LogP contribution in [0.4, 0.5) is 5.69 Å². The van der Waals surface area contributed by atoms with Crippen molar-refractivity contribution in [1.82, 2.24) is 0 Å². The van der Waals surface area contributed by atoms with Crippen LogP contribution in [0.3, 0.4) is 0 Å². The van der Waals surface area contributed by atoms with Gasteiger partial charge in [-0.2, -0.15) is 0 Å². The molecule has 2 nitrogen and oxygen atoms in total. The maximum absolute atomic E-state index is 9.19. The molecular weight excluding hydrogens is 186 g/mol. The van der Waals surface area contributed by atoms with Gasteiger partial charge < -0.3 is 10.0 Å². The van der Waals surface area contributed by atoms with E-state index in [0.717, 1.165) is 25.9 Å². The standard InChI is InChI=1S/C13H21NO/c1-3-14(11-7-8-12(2)15)13-9-5-4-6-10-13/h4-6,9-10,12,15H,3,7-8,11H2,1-2H3. The van der Waals surface area contributed by atoms with Crippen LogP contribution in [0.25, 0.3) is 0 Å². The highest BCUT2D eigenvalue weighted by atomic mass is 16.3. The summed E-state index contributed by atoms with van der Waals surface area (Å²) in [5.74, 6) is 0. The van der Waals surface area contributed by atoms with Crippen molar-refractivity contribution >= 4 is 5.69 Å². The number of rotatable bonds is 6. The summed E-state index contributed by atoms with van der Waals surface area (Å²) < 4.78 is 0. The van der Waals surface area contributed by atoms with E-state index < -0.39 is 0 Å². The summed E-state index contributed by atoms with van der Waals surface area (Å²) in [5.41, 5.74) is 1.27. The van der Waals surface area contributed by atoms with Crippen LogP contribution in [0.15, 0.2) is 30.3 Å². The Kier molecular flexibility index (Phi) is 5.19. The van der Waals surface area contributed by atoms with Crippen LogP contribution in [0.1, 0.15) is 26.7 Å². The smallest absolute Gasteiger partial charge is 0.0512 e. The van der Waals surface area contributed by atoms with Crippen molar-refractivity contribution in [3.63, 3.8) is 0 Å². The molecule has 1 aromatic rings. The number of para-hydroxylation sites is 1. The molecule has 84 valence electrons. The van der Waals surface area contributed by atoms with Crippen LogP contribution in [-0.2, 0) is 0 Å². The molecule has 15 heavy (non-hydrogen) atoms. The normalized spacial score (nSPS) is 12.5. The first-order valence-electron chi connectivity index (χ1n) is 5.72. The molecule has 0 aliphatic heterocycles. The van der Waals surface area contributed by atoms with Crippen molar-refractivity contribution in [2.45, 2.75) is 32.8 Å². The third kappa shape index (κ3) is 4.34. The highest BCUT2D eigenvalue weighted by molar-refractivity contribution is 5.45. The van der Waals surface area contributed by atoms with Gasteiger partial charge >= 0.3 is 0 Å². The molecule has 1 rings (SSSR count). The first-order chi connectivity index (χ1) is 7.24. The Balaban J connectivity index is 2.43. The number of hydrogen-bond donors (Lipinski definition) is 1. The van der Waals surface area contributed by atoms with E-state index in [1.165, 1.54) is 5.69 Å². The lowest BCUT2D eigenvalue weighted by molar-refractivity contribution is 0.182. The van der Waals surface area contributed by atoms with Gasteiger partial charge in [-0.15, -0.1) is 0 Å². The summed E-state index contributed by atoms with van der Waals surface area (Å²) >= 11 is 0. The van der Waals surface area contributed by atoms with Gasteiger partial charge in [0.25, 0.3) is 0 Å². The van der Waals surface area contributed by atoms with Gasteiger partial charge in [0.15, 0.2) is 0 Å². The second-order valence-corrected chi connectivity index (χ2v) is 3.91. The van der Waals surface area contributed by atoms with E-state index in [1.54, 1.807) is 0 Å². The molecule has 2 heteroatoms. The summed E-state index contributed by atoms with van der Waals surface area (Å²) in [6, 6.07) is 10.4. The number of hydrogen-bond acceptors (Lipinski definition) is 2. The predicted molar refractivity (Wildman–Crippen MR) is 65.2 cm³/mol. The van der Waals surface area contributed by atoms with Gasteiger partial charge in [0.05, 0.1) is 6.10 Å². The monoisotopic (exact) mass is 207 g/mol. The largest absolute Gasteiger partial charge is 0.393 e. The molecule has 0 amide bonds. The van der Waals surface area contributed by atoms with Crippen molar-refractivity contribution in [3.05, 3.63) is 30.3 Å². The predicted octanol–water partition coefficient (Wildman–Crippen LogP) is 2.67. The quantitative estimate of drug-likeness (QED) is 0.775. The van der Waals surface area contributed by atoms with Crippen molar-refractivity contribution in [3.8, 4) is 0 Å². The van der Waals surface area contributed by atoms with Crippen molar-refractivity contribution in [2.24, 2.45) is 0 Å². The molecule has 0 aliphatic carbocycles. The van der Waals surface area contributed by atoms with E-state index in [2.05, 4.69) is 36.1 Å². The first kappa shape index (κ1) is 12.1. The second-order valence-electron chi connectivity index (χ2n) is 3.91. The van der Waals surface area contributed by atoms with E-state index in [-0.39, 0.29) is 6.10 Å². The first-order valence-corrected chi connectivity index (χ1v) is 5.72. The summed E-state index contributed by atoms with van der Waals surface area (Å²) in [6.07, 6.45) is 1.74. The molecule has 0 aromatic heterocycles. The molecule has 0 aliphatic rings. The fourth-order valence-corrected chi connectivity index (χ4v) is 1.69. The van der Waals surface area contributed by atoms with E-state index in [1.807, 2.05) is 13.0 Å². The van der Waals surface area contributed by atoms with Gasteiger partial charge in [0.2, 0.25) is 0 Å². The van der Waals surface area contributed by atoms with Crippen LogP contribution in [0, 0.1) is 0 Å². The molecule has 1 N–H and O–H groups in total. The average molecular weight is 207 g/mol. The van der Waals surface area contributed by atoms with Gasteiger partial charge in [0.1, 0.15) is 0 Å². The fraction of sp³-hybridized carbons (Fsp3) is 0.538. The lowest BCUT2D eigenvalue weighted by atomic mass is 10.2. The van der Waals surface area contributed by atoms with E-state index >= 15 is 0 Å². The minimum Gasteiger partial charge on any atom is -0.393 e. The van der Waals surface area contributed by atoms with Crippen molar-refractivity contribution in [2.75, 3.05) is 18.0 Å². The third-order valence-corrected chi connectivity index (χ3v) is 2.55. The van der Waals surface area contributed by atoms with Gasteiger partial charge in [-0.05, 0) is 38.8 Å². The Morgan fingerprint density at radius 1 is 1.27 bits per heavy atom. The molecule has 1 aromatic carbocycles. The Bertz CT molecular complexity index is 258. The number of aliphatic hydroxyl groups excluding tert-OH is 1. The van der Waals surface area contributed by atoms with Crippen molar-refractivity contribution in [1.29, 1.82) is 0 Å². The zero-order valence-corrected chi connectivity index (χ0v) is 9.69. The SMILES string of the molecule is CCN(CCCC(C)O)c1ccccc1. The molecule has 0 fully saturated rings. The number of nitrogens with zero attached hydrogens (tertiary/aromatic N) is 1. The van der Waals surface area contributed by atoms with E-state index in [9.17, 15) is 5.11 Å². The van der Waals surface area contributed by atoms with Crippen LogP contribution in [0.2, 0.25) is 0 Å². The molecule has 0 spiro atoms. The minimum absolute atomic E-state index is 0.181.